The highest BCUT2D eigenvalue weighted by molar-refractivity contribution is 5.96. The maximum absolute atomic E-state index is 12.9. The van der Waals surface area contributed by atoms with Gasteiger partial charge in [-0.2, -0.15) is 5.10 Å². The number of hydrogen-bond acceptors (Lipinski definition) is 4. The third-order valence-corrected chi connectivity index (χ3v) is 5.25. The first-order valence-electron chi connectivity index (χ1n) is 8.75. The predicted molar refractivity (Wildman–Crippen MR) is 92.9 cm³/mol. The van der Waals surface area contributed by atoms with Gasteiger partial charge >= 0.3 is 0 Å². The zero-order chi connectivity index (χ0) is 17.4. The third-order valence-electron chi connectivity index (χ3n) is 5.25. The summed E-state index contributed by atoms with van der Waals surface area (Å²) in [6.07, 6.45) is 1.83. The van der Waals surface area contributed by atoms with Crippen LogP contribution >= 0.6 is 0 Å². The molecule has 2 aromatic rings. The van der Waals surface area contributed by atoms with E-state index in [0.29, 0.717) is 13.2 Å². The van der Waals surface area contributed by atoms with Gasteiger partial charge in [0.05, 0.1) is 26.0 Å². The summed E-state index contributed by atoms with van der Waals surface area (Å²) in [7, 11) is 1.63. The van der Waals surface area contributed by atoms with Crippen LogP contribution in [0.3, 0.4) is 0 Å². The van der Waals surface area contributed by atoms with Crippen molar-refractivity contribution < 1.29 is 14.3 Å². The van der Waals surface area contributed by atoms with Crippen LogP contribution in [0.25, 0.3) is 0 Å². The number of benzene rings is 1. The lowest BCUT2D eigenvalue weighted by molar-refractivity contribution is 0.0789. The van der Waals surface area contributed by atoms with Gasteiger partial charge in [-0.3, -0.25) is 9.89 Å². The maximum atomic E-state index is 12.9. The fraction of sp³-hybridized carbons (Fsp3) is 0.474. The molecule has 132 valence electrons. The Morgan fingerprint density at radius 3 is 3.12 bits per heavy atom. The lowest BCUT2D eigenvalue weighted by Gasteiger charge is -2.19. The molecule has 1 aromatic carbocycles. The van der Waals surface area contributed by atoms with Crippen LogP contribution < -0.4 is 4.74 Å². The highest BCUT2D eigenvalue weighted by atomic mass is 16.5. The first-order valence-corrected chi connectivity index (χ1v) is 8.75. The summed E-state index contributed by atoms with van der Waals surface area (Å²) >= 11 is 0. The van der Waals surface area contributed by atoms with Crippen LogP contribution in [0, 0.1) is 6.92 Å². The van der Waals surface area contributed by atoms with Gasteiger partial charge in [0.1, 0.15) is 5.75 Å². The fourth-order valence-corrected chi connectivity index (χ4v) is 3.81. The van der Waals surface area contributed by atoms with Gasteiger partial charge in [0.2, 0.25) is 0 Å². The molecule has 0 radical (unpaired) electrons. The molecule has 0 bridgehead atoms. The molecule has 1 amide bonds. The number of hydrogen-bond donors (Lipinski definition) is 1. The number of carbonyl (C=O) groups excluding carboxylic acids is 1. The van der Waals surface area contributed by atoms with Crippen molar-refractivity contribution in [3.63, 3.8) is 0 Å². The van der Waals surface area contributed by atoms with E-state index in [4.69, 9.17) is 9.47 Å². The van der Waals surface area contributed by atoms with E-state index in [2.05, 4.69) is 10.2 Å². The van der Waals surface area contributed by atoms with Crippen LogP contribution in [0.1, 0.15) is 45.2 Å². The van der Waals surface area contributed by atoms with E-state index >= 15 is 0 Å². The van der Waals surface area contributed by atoms with Crippen molar-refractivity contribution in [3.05, 3.63) is 46.3 Å². The third kappa shape index (κ3) is 2.91. The summed E-state index contributed by atoms with van der Waals surface area (Å²) in [6, 6.07) is 5.60. The molecule has 0 spiro atoms. The Bertz CT molecular complexity index is 799. The predicted octanol–water partition coefficient (Wildman–Crippen LogP) is 2.43. The second-order valence-electron chi connectivity index (χ2n) is 6.79. The van der Waals surface area contributed by atoms with E-state index < -0.39 is 0 Å². The molecule has 4 rings (SSSR count). The highest BCUT2D eigenvalue weighted by Crippen LogP contribution is 2.32. The van der Waals surface area contributed by atoms with Crippen LogP contribution in [0.4, 0.5) is 0 Å². The Morgan fingerprint density at radius 2 is 2.32 bits per heavy atom. The number of aryl methyl sites for hydroxylation is 1. The van der Waals surface area contributed by atoms with E-state index in [-0.39, 0.29) is 11.8 Å². The number of nitrogens with one attached hydrogen (secondary N) is 1. The van der Waals surface area contributed by atoms with Crippen molar-refractivity contribution >= 4 is 5.91 Å². The quantitative estimate of drug-likeness (QED) is 0.931. The molecule has 1 N–H and O–H groups in total. The van der Waals surface area contributed by atoms with Crippen LogP contribution in [0.2, 0.25) is 0 Å². The molecule has 0 saturated carbocycles. The zero-order valence-corrected chi connectivity index (χ0v) is 14.7. The molecule has 1 atom stereocenters. The Hall–Kier alpha value is -2.34. The first-order chi connectivity index (χ1) is 12.2. The van der Waals surface area contributed by atoms with Crippen LogP contribution in [-0.4, -0.2) is 47.8 Å². The maximum Gasteiger partial charge on any atom is 0.254 e. The van der Waals surface area contributed by atoms with Crippen LogP contribution in [-0.2, 0) is 17.8 Å². The summed E-state index contributed by atoms with van der Waals surface area (Å²) in [5, 5.41) is 7.68. The normalized spacial score (nSPS) is 19.8. The number of likely N-dealkylation sites (tertiary alicyclic amines) is 1. The van der Waals surface area contributed by atoms with Crippen molar-refractivity contribution in [2.24, 2.45) is 0 Å². The SMILES string of the molecule is COc1ccc(C(=O)N2CCC(c3n[nH]c4c3COCC4)C2)c(C)c1. The van der Waals surface area contributed by atoms with Gasteiger partial charge in [-0.1, -0.05) is 0 Å². The summed E-state index contributed by atoms with van der Waals surface area (Å²) < 4.78 is 10.8. The van der Waals surface area contributed by atoms with Gasteiger partial charge in [-0.05, 0) is 37.1 Å². The van der Waals surface area contributed by atoms with Gasteiger partial charge in [0, 0.05) is 42.2 Å². The number of methoxy groups -OCH3 is 1. The number of aromatic amines is 1. The molecule has 2 aliphatic heterocycles. The average Bonchev–Trinajstić information content (AvgIpc) is 3.27. The summed E-state index contributed by atoms with van der Waals surface area (Å²) in [5.74, 6) is 1.14. The highest BCUT2D eigenvalue weighted by Gasteiger charge is 2.32. The van der Waals surface area contributed by atoms with Gasteiger partial charge in [0.15, 0.2) is 0 Å². The van der Waals surface area contributed by atoms with Gasteiger partial charge in [0.25, 0.3) is 5.91 Å². The Morgan fingerprint density at radius 1 is 1.44 bits per heavy atom. The number of aromatic nitrogens is 2. The van der Waals surface area contributed by atoms with Gasteiger partial charge < -0.3 is 14.4 Å². The molecule has 1 aromatic heterocycles. The van der Waals surface area contributed by atoms with E-state index in [1.807, 2.05) is 30.0 Å². The molecule has 1 unspecified atom stereocenters. The molecule has 2 aliphatic rings. The fourth-order valence-electron chi connectivity index (χ4n) is 3.81. The lowest BCUT2D eigenvalue weighted by Crippen LogP contribution is -2.29. The molecular formula is C19H23N3O3. The van der Waals surface area contributed by atoms with Crippen molar-refractivity contribution in [1.82, 2.24) is 15.1 Å². The lowest BCUT2D eigenvalue weighted by atomic mass is 9.98. The zero-order valence-electron chi connectivity index (χ0n) is 14.7. The smallest absolute Gasteiger partial charge is 0.254 e. The van der Waals surface area contributed by atoms with E-state index in [9.17, 15) is 4.79 Å². The minimum atomic E-state index is 0.0864. The summed E-state index contributed by atoms with van der Waals surface area (Å²) in [4.78, 5) is 14.8. The van der Waals surface area contributed by atoms with Gasteiger partial charge in [-0.25, -0.2) is 0 Å². The number of H-pyrrole nitrogens is 1. The molecule has 3 heterocycles. The van der Waals surface area contributed by atoms with Crippen molar-refractivity contribution in [1.29, 1.82) is 0 Å². The van der Waals surface area contributed by atoms with Crippen LogP contribution in [0.5, 0.6) is 5.75 Å². The largest absolute Gasteiger partial charge is 0.497 e. The number of fused-ring (bicyclic) bond motifs is 1. The van der Waals surface area contributed by atoms with Crippen molar-refractivity contribution in [2.75, 3.05) is 26.8 Å². The first kappa shape index (κ1) is 16.1. The summed E-state index contributed by atoms with van der Waals surface area (Å²) in [6.45, 7) is 4.80. The summed E-state index contributed by atoms with van der Waals surface area (Å²) in [5.41, 5.74) is 5.16. The number of rotatable bonds is 3. The standard InChI is InChI=1S/C19H23N3O3/c1-12-9-14(24-2)3-4-15(12)19(23)22-7-5-13(10-22)18-16-11-25-8-6-17(16)20-21-18/h3-4,9,13H,5-8,10-11H2,1-2H3,(H,20,21). The Balaban J connectivity index is 1.51. The van der Waals surface area contributed by atoms with E-state index in [0.717, 1.165) is 48.6 Å². The monoisotopic (exact) mass is 341 g/mol. The van der Waals surface area contributed by atoms with Crippen molar-refractivity contribution in [2.45, 2.75) is 32.3 Å². The van der Waals surface area contributed by atoms with Crippen molar-refractivity contribution in [3.8, 4) is 5.75 Å². The molecule has 1 saturated heterocycles. The number of amides is 1. The number of carbonyl (C=O) groups is 1. The molecule has 6 heteroatoms. The molecule has 25 heavy (non-hydrogen) atoms. The number of nitrogens with zero attached hydrogens (tertiary/aromatic N) is 2. The molecule has 1 fully saturated rings. The molecule has 0 aliphatic carbocycles. The minimum absolute atomic E-state index is 0.0864. The Kier molecular flexibility index (Phi) is 4.21. The second kappa shape index (κ2) is 6.52. The van der Waals surface area contributed by atoms with E-state index in [1.54, 1.807) is 7.11 Å². The molecular weight excluding hydrogens is 318 g/mol. The second-order valence-corrected chi connectivity index (χ2v) is 6.79. The minimum Gasteiger partial charge on any atom is -0.497 e. The topological polar surface area (TPSA) is 67.5 Å². The van der Waals surface area contributed by atoms with E-state index in [1.165, 1.54) is 11.3 Å². The van der Waals surface area contributed by atoms with Crippen LogP contribution in [0.15, 0.2) is 18.2 Å². The van der Waals surface area contributed by atoms with Gasteiger partial charge in [-0.15, -0.1) is 0 Å². The average molecular weight is 341 g/mol. The number of ether oxygens (including phenoxy) is 2. The Labute approximate surface area is 147 Å². The molecule has 6 nitrogen and oxygen atoms in total.